The molecule has 2 rings (SSSR count). The maximum Gasteiger partial charge on any atom is 0.142 e. The number of anilines is 1. The first kappa shape index (κ1) is 14.6. The molecular weight excluding hydrogens is 272 g/mol. The van der Waals surface area contributed by atoms with E-state index in [4.69, 9.17) is 15.7 Å². The lowest BCUT2D eigenvalue weighted by Crippen LogP contribution is -2.29. The molecule has 1 aliphatic rings. The number of thioether (sulfide) groups is 1. The molecule has 0 spiro atoms. The fourth-order valence-electron chi connectivity index (χ4n) is 2.38. The Hall–Kier alpha value is -1.76. The van der Waals surface area contributed by atoms with E-state index in [1.165, 1.54) is 24.2 Å². The average Bonchev–Trinajstić information content (AvgIpc) is 2.48. The van der Waals surface area contributed by atoms with Gasteiger partial charge in [0.05, 0.1) is 17.2 Å². The average molecular weight is 288 g/mol. The Balaban J connectivity index is 2.27. The second-order valence-corrected chi connectivity index (χ2v) is 5.94. The maximum atomic E-state index is 9.20. The minimum Gasteiger partial charge on any atom is -0.383 e. The third-order valence-electron chi connectivity index (χ3n) is 3.47. The molecule has 1 aromatic heterocycles. The van der Waals surface area contributed by atoms with Gasteiger partial charge in [-0.25, -0.2) is 4.98 Å². The van der Waals surface area contributed by atoms with E-state index < -0.39 is 0 Å². The van der Waals surface area contributed by atoms with Crippen molar-refractivity contribution < 1.29 is 4.74 Å². The Labute approximate surface area is 122 Å². The van der Waals surface area contributed by atoms with Crippen LogP contribution >= 0.6 is 11.8 Å². The summed E-state index contributed by atoms with van der Waals surface area (Å²) in [5.74, 6) is 0.179. The number of nitrogens with two attached hydrogens (primary N) is 1. The van der Waals surface area contributed by atoms with E-state index in [1.807, 2.05) is 6.07 Å². The lowest BCUT2D eigenvalue weighted by atomic mass is 9.97. The Kier molecular flexibility index (Phi) is 4.84. The van der Waals surface area contributed by atoms with Crippen LogP contribution in [0.1, 0.15) is 36.8 Å². The van der Waals surface area contributed by atoms with Crippen molar-refractivity contribution in [3.8, 4) is 12.1 Å². The summed E-state index contributed by atoms with van der Waals surface area (Å²) in [4.78, 5) is 4.22. The molecule has 1 aromatic rings. The number of nitrogen functional groups attached to an aromatic ring is 1. The Morgan fingerprint density at radius 2 is 2.00 bits per heavy atom. The summed E-state index contributed by atoms with van der Waals surface area (Å²) in [5.41, 5.74) is 6.39. The van der Waals surface area contributed by atoms with Gasteiger partial charge in [-0.2, -0.15) is 10.5 Å². The van der Waals surface area contributed by atoms with E-state index in [1.54, 1.807) is 7.11 Å². The molecule has 1 saturated carbocycles. The number of aromatic nitrogens is 1. The van der Waals surface area contributed by atoms with Crippen LogP contribution in [0.15, 0.2) is 11.1 Å². The maximum absolute atomic E-state index is 9.20. The molecule has 5 nitrogen and oxygen atoms in total. The zero-order chi connectivity index (χ0) is 14.5. The van der Waals surface area contributed by atoms with Crippen molar-refractivity contribution in [3.05, 3.63) is 17.2 Å². The van der Waals surface area contributed by atoms with Crippen LogP contribution in [0.3, 0.4) is 0 Å². The van der Waals surface area contributed by atoms with Crippen LogP contribution in [0.4, 0.5) is 5.82 Å². The van der Waals surface area contributed by atoms with E-state index in [9.17, 15) is 5.26 Å². The molecule has 0 saturated heterocycles. The topological polar surface area (TPSA) is 95.7 Å². The molecule has 2 atom stereocenters. The van der Waals surface area contributed by atoms with E-state index >= 15 is 0 Å². The smallest absolute Gasteiger partial charge is 0.142 e. The van der Waals surface area contributed by atoms with Crippen LogP contribution < -0.4 is 5.73 Å². The van der Waals surface area contributed by atoms with Gasteiger partial charge in [-0.15, -0.1) is 0 Å². The molecule has 0 aliphatic heterocycles. The summed E-state index contributed by atoms with van der Waals surface area (Å²) in [5, 5.41) is 19.0. The van der Waals surface area contributed by atoms with Gasteiger partial charge in [-0.05, 0) is 18.9 Å². The number of rotatable bonds is 3. The molecule has 0 bridgehead atoms. The number of nitrogens with zero attached hydrogens (tertiary/aromatic N) is 3. The molecular formula is C14H16N4OS. The fourth-order valence-corrected chi connectivity index (χ4v) is 3.73. The normalized spacial score (nSPS) is 21.9. The van der Waals surface area contributed by atoms with Crippen molar-refractivity contribution in [3.63, 3.8) is 0 Å². The third-order valence-corrected chi connectivity index (χ3v) is 4.84. The van der Waals surface area contributed by atoms with Crippen LogP contribution in [-0.4, -0.2) is 23.4 Å². The van der Waals surface area contributed by atoms with Crippen LogP contribution in [0.5, 0.6) is 0 Å². The zero-order valence-electron chi connectivity index (χ0n) is 11.3. The molecule has 1 aliphatic carbocycles. The van der Waals surface area contributed by atoms with Gasteiger partial charge in [0.2, 0.25) is 0 Å². The Morgan fingerprint density at radius 3 is 2.65 bits per heavy atom. The third kappa shape index (κ3) is 3.04. The van der Waals surface area contributed by atoms with Crippen molar-refractivity contribution >= 4 is 17.6 Å². The first-order valence-electron chi connectivity index (χ1n) is 6.49. The molecule has 0 radical (unpaired) electrons. The van der Waals surface area contributed by atoms with Crippen LogP contribution in [0.2, 0.25) is 0 Å². The molecule has 0 amide bonds. The summed E-state index contributed by atoms with van der Waals surface area (Å²) < 4.78 is 5.51. The SMILES string of the molecule is CO[C@@H]1CCCC[C@@H]1Sc1nc(N)c(C#N)cc1C#N. The van der Waals surface area contributed by atoms with Gasteiger partial charge < -0.3 is 10.5 Å². The predicted octanol–water partition coefficient (Wildman–Crippen LogP) is 2.46. The molecule has 1 fully saturated rings. The van der Waals surface area contributed by atoms with E-state index in [-0.39, 0.29) is 22.7 Å². The minimum absolute atomic E-state index is 0.179. The van der Waals surface area contributed by atoms with Gasteiger partial charge in [-0.1, -0.05) is 24.6 Å². The number of ether oxygens (including phenoxy) is 1. The summed E-state index contributed by atoms with van der Waals surface area (Å²) in [6.45, 7) is 0. The molecule has 0 aromatic carbocycles. The highest BCUT2D eigenvalue weighted by molar-refractivity contribution is 8.00. The van der Waals surface area contributed by atoms with Crippen LogP contribution in [0.25, 0.3) is 0 Å². The predicted molar refractivity (Wildman–Crippen MR) is 77.0 cm³/mol. The quantitative estimate of drug-likeness (QED) is 0.917. The molecule has 2 N–H and O–H groups in total. The van der Waals surface area contributed by atoms with Crippen molar-refractivity contribution in [2.75, 3.05) is 12.8 Å². The molecule has 1 heterocycles. The van der Waals surface area contributed by atoms with Gasteiger partial charge >= 0.3 is 0 Å². The number of pyridine rings is 1. The van der Waals surface area contributed by atoms with Crippen molar-refractivity contribution in [1.82, 2.24) is 4.98 Å². The fraction of sp³-hybridized carbons (Fsp3) is 0.500. The second kappa shape index (κ2) is 6.60. The zero-order valence-corrected chi connectivity index (χ0v) is 12.1. The van der Waals surface area contributed by atoms with Gasteiger partial charge in [-0.3, -0.25) is 0 Å². The number of methoxy groups -OCH3 is 1. The number of hydrogen-bond acceptors (Lipinski definition) is 6. The molecule has 0 unspecified atom stereocenters. The van der Waals surface area contributed by atoms with Crippen molar-refractivity contribution in [2.24, 2.45) is 0 Å². The van der Waals surface area contributed by atoms with Gasteiger partial charge in [0.15, 0.2) is 0 Å². The minimum atomic E-state index is 0.179. The van der Waals surface area contributed by atoms with Crippen molar-refractivity contribution in [2.45, 2.75) is 42.1 Å². The summed E-state index contributed by atoms with van der Waals surface area (Å²) in [6.07, 6.45) is 4.57. The number of nitriles is 2. The monoisotopic (exact) mass is 288 g/mol. The van der Waals surface area contributed by atoms with Crippen LogP contribution in [-0.2, 0) is 4.74 Å². The van der Waals surface area contributed by atoms with E-state index in [0.717, 1.165) is 19.3 Å². The van der Waals surface area contributed by atoms with Gasteiger partial charge in [0.1, 0.15) is 23.0 Å². The number of hydrogen-bond donors (Lipinski definition) is 1. The highest BCUT2D eigenvalue weighted by Crippen LogP contribution is 2.36. The second-order valence-electron chi connectivity index (χ2n) is 4.71. The first-order chi connectivity index (χ1) is 9.69. The first-order valence-corrected chi connectivity index (χ1v) is 7.37. The summed E-state index contributed by atoms with van der Waals surface area (Å²) in [6, 6.07) is 5.55. The lowest BCUT2D eigenvalue weighted by Gasteiger charge is -2.29. The Bertz CT molecular complexity index is 576. The molecule has 6 heteroatoms. The van der Waals surface area contributed by atoms with Gasteiger partial charge in [0.25, 0.3) is 0 Å². The largest absolute Gasteiger partial charge is 0.383 e. The molecule has 20 heavy (non-hydrogen) atoms. The lowest BCUT2D eigenvalue weighted by molar-refractivity contribution is 0.0763. The highest BCUT2D eigenvalue weighted by Gasteiger charge is 2.27. The summed E-state index contributed by atoms with van der Waals surface area (Å²) in [7, 11) is 1.72. The summed E-state index contributed by atoms with van der Waals surface area (Å²) >= 11 is 1.53. The van der Waals surface area contributed by atoms with Crippen LogP contribution in [0, 0.1) is 22.7 Å². The van der Waals surface area contributed by atoms with Crippen molar-refractivity contribution in [1.29, 1.82) is 10.5 Å². The van der Waals surface area contributed by atoms with Gasteiger partial charge in [0, 0.05) is 12.4 Å². The Morgan fingerprint density at radius 1 is 1.30 bits per heavy atom. The standard InChI is InChI=1S/C14H16N4OS/c1-19-11-4-2-3-5-12(11)20-14-10(8-16)6-9(7-15)13(17)18-14/h6,11-12H,2-5H2,1H3,(H2,17,18)/t11-,12+/m1/s1. The van der Waals surface area contributed by atoms with E-state index in [2.05, 4.69) is 11.1 Å². The highest BCUT2D eigenvalue weighted by atomic mass is 32.2. The molecule has 104 valence electrons. The van der Waals surface area contributed by atoms with E-state index in [0.29, 0.717) is 10.6 Å².